The van der Waals surface area contributed by atoms with Crippen molar-refractivity contribution in [3.05, 3.63) is 0 Å². The number of carboxylic acid groups (broad SMARTS) is 1. The van der Waals surface area contributed by atoms with Crippen LogP contribution in [-0.4, -0.2) is 47.6 Å². The van der Waals surface area contributed by atoms with Gasteiger partial charge in [-0.05, 0) is 25.4 Å². The second-order valence-corrected chi connectivity index (χ2v) is 5.87. The highest BCUT2D eigenvalue weighted by Crippen LogP contribution is 2.24. The maximum absolute atomic E-state index is 11.9. The fourth-order valence-electron chi connectivity index (χ4n) is 2.15. The molecule has 0 aromatic carbocycles. The first-order chi connectivity index (χ1) is 8.70. The lowest BCUT2D eigenvalue weighted by Gasteiger charge is -2.26. The summed E-state index contributed by atoms with van der Waals surface area (Å²) in [6.45, 7) is 12.5. The van der Waals surface area contributed by atoms with Crippen LogP contribution in [0, 0.1) is 5.41 Å². The van der Waals surface area contributed by atoms with Crippen molar-refractivity contribution in [1.82, 2.24) is 10.2 Å². The molecule has 1 amide bonds. The van der Waals surface area contributed by atoms with Gasteiger partial charge in [-0.2, -0.15) is 0 Å². The zero-order valence-corrected chi connectivity index (χ0v) is 12.8. The van der Waals surface area contributed by atoms with E-state index in [9.17, 15) is 9.59 Å². The normalized spacial score (nSPS) is 13.4. The molecule has 1 atom stereocenters. The van der Waals surface area contributed by atoms with Gasteiger partial charge in [0.2, 0.25) is 5.91 Å². The second kappa shape index (κ2) is 8.15. The molecule has 5 heteroatoms. The molecule has 112 valence electrons. The Morgan fingerprint density at radius 2 is 1.74 bits per heavy atom. The number of carboxylic acids is 1. The van der Waals surface area contributed by atoms with E-state index in [0.29, 0.717) is 0 Å². The first kappa shape index (κ1) is 17.9. The van der Waals surface area contributed by atoms with Crippen LogP contribution in [-0.2, 0) is 9.59 Å². The molecule has 0 saturated carbocycles. The molecule has 5 nitrogen and oxygen atoms in total. The van der Waals surface area contributed by atoms with Gasteiger partial charge in [-0.1, -0.05) is 27.7 Å². The van der Waals surface area contributed by atoms with Gasteiger partial charge in [-0.3, -0.25) is 9.59 Å². The lowest BCUT2D eigenvalue weighted by Crippen LogP contribution is -2.43. The minimum absolute atomic E-state index is 0.00481. The zero-order valence-electron chi connectivity index (χ0n) is 12.8. The van der Waals surface area contributed by atoms with Gasteiger partial charge in [0.05, 0.1) is 6.42 Å². The number of rotatable bonds is 9. The number of aliphatic carboxylic acids is 1. The Balaban J connectivity index is 4.19. The third kappa shape index (κ3) is 8.59. The van der Waals surface area contributed by atoms with Gasteiger partial charge in [0.25, 0.3) is 0 Å². The van der Waals surface area contributed by atoms with Crippen LogP contribution >= 0.6 is 0 Å². The third-order valence-corrected chi connectivity index (χ3v) is 3.10. The number of hydrogen-bond donors (Lipinski definition) is 2. The van der Waals surface area contributed by atoms with Crippen molar-refractivity contribution < 1.29 is 14.7 Å². The summed E-state index contributed by atoms with van der Waals surface area (Å²) in [5.41, 5.74) is -0.509. The highest BCUT2D eigenvalue weighted by molar-refractivity contribution is 5.78. The smallest absolute Gasteiger partial charge is 0.303 e. The fourth-order valence-corrected chi connectivity index (χ4v) is 2.15. The molecule has 0 aliphatic carbocycles. The first-order valence-electron chi connectivity index (χ1n) is 6.93. The van der Waals surface area contributed by atoms with E-state index in [-0.39, 0.29) is 24.8 Å². The van der Waals surface area contributed by atoms with Crippen LogP contribution in [0.5, 0.6) is 0 Å². The summed E-state index contributed by atoms with van der Waals surface area (Å²) in [6, 6.07) is 0.0769. The van der Waals surface area contributed by atoms with Crippen LogP contribution in [0.3, 0.4) is 0 Å². The van der Waals surface area contributed by atoms with Gasteiger partial charge < -0.3 is 15.3 Å². The number of likely N-dealkylation sites (N-methyl/N-ethyl adjacent to an activating group) is 1. The van der Waals surface area contributed by atoms with E-state index in [0.717, 1.165) is 19.6 Å². The molecule has 0 fully saturated rings. The predicted octanol–water partition coefficient (Wildman–Crippen LogP) is 1.72. The van der Waals surface area contributed by atoms with E-state index in [1.54, 1.807) is 13.8 Å². The van der Waals surface area contributed by atoms with E-state index in [2.05, 4.69) is 24.1 Å². The highest BCUT2D eigenvalue weighted by atomic mass is 16.4. The highest BCUT2D eigenvalue weighted by Gasteiger charge is 2.25. The number of carbonyl (C=O) groups excluding carboxylic acids is 1. The summed E-state index contributed by atoms with van der Waals surface area (Å²) < 4.78 is 0. The molecule has 1 unspecified atom stereocenters. The standard InChI is InChI=1S/C14H28N2O3/c1-6-16(7-2)10-11(3)15-12(17)8-14(4,5)9-13(18)19/h11H,6-10H2,1-5H3,(H,15,17)(H,18,19). The Kier molecular flexibility index (Phi) is 7.68. The summed E-state index contributed by atoms with van der Waals surface area (Å²) in [7, 11) is 0. The summed E-state index contributed by atoms with van der Waals surface area (Å²) in [5, 5.41) is 11.7. The molecular weight excluding hydrogens is 244 g/mol. The van der Waals surface area contributed by atoms with E-state index in [1.165, 1.54) is 0 Å². The fraction of sp³-hybridized carbons (Fsp3) is 0.857. The third-order valence-electron chi connectivity index (χ3n) is 3.10. The van der Waals surface area contributed by atoms with Crippen molar-refractivity contribution in [2.45, 2.75) is 53.5 Å². The van der Waals surface area contributed by atoms with Crippen LogP contribution in [0.1, 0.15) is 47.5 Å². The minimum atomic E-state index is -0.867. The number of carbonyl (C=O) groups is 2. The van der Waals surface area contributed by atoms with Crippen LogP contribution in [0.25, 0.3) is 0 Å². The van der Waals surface area contributed by atoms with Crippen molar-refractivity contribution in [1.29, 1.82) is 0 Å². The second-order valence-electron chi connectivity index (χ2n) is 5.87. The molecular formula is C14H28N2O3. The zero-order chi connectivity index (χ0) is 15.1. The van der Waals surface area contributed by atoms with Gasteiger partial charge in [0.1, 0.15) is 0 Å². The van der Waals surface area contributed by atoms with Gasteiger partial charge in [-0.25, -0.2) is 0 Å². The minimum Gasteiger partial charge on any atom is -0.481 e. The van der Waals surface area contributed by atoms with E-state index in [4.69, 9.17) is 5.11 Å². The van der Waals surface area contributed by atoms with E-state index < -0.39 is 11.4 Å². The van der Waals surface area contributed by atoms with Crippen LogP contribution in [0.4, 0.5) is 0 Å². The summed E-state index contributed by atoms with van der Waals surface area (Å²) in [6.07, 6.45) is 0.243. The Morgan fingerprint density at radius 1 is 1.21 bits per heavy atom. The molecule has 2 N–H and O–H groups in total. The van der Waals surface area contributed by atoms with Crippen molar-refractivity contribution in [2.24, 2.45) is 5.41 Å². The van der Waals surface area contributed by atoms with Gasteiger partial charge in [-0.15, -0.1) is 0 Å². The van der Waals surface area contributed by atoms with Crippen molar-refractivity contribution in [3.8, 4) is 0 Å². The van der Waals surface area contributed by atoms with Crippen LogP contribution in [0.2, 0.25) is 0 Å². The first-order valence-corrected chi connectivity index (χ1v) is 6.93. The van der Waals surface area contributed by atoms with E-state index in [1.807, 2.05) is 6.92 Å². The van der Waals surface area contributed by atoms with Crippen molar-refractivity contribution in [2.75, 3.05) is 19.6 Å². The number of amides is 1. The van der Waals surface area contributed by atoms with Gasteiger partial charge >= 0.3 is 5.97 Å². The Labute approximate surface area is 116 Å². The maximum atomic E-state index is 11.9. The molecule has 0 aliphatic rings. The summed E-state index contributed by atoms with van der Waals surface area (Å²) in [5.74, 6) is -0.945. The average molecular weight is 272 g/mol. The quantitative estimate of drug-likeness (QED) is 0.670. The molecule has 0 spiro atoms. The molecule has 0 rings (SSSR count). The molecule has 0 aliphatic heterocycles. The van der Waals surface area contributed by atoms with E-state index >= 15 is 0 Å². The molecule has 0 aromatic heterocycles. The largest absolute Gasteiger partial charge is 0.481 e. The Bertz CT molecular complexity index is 299. The SMILES string of the molecule is CCN(CC)CC(C)NC(=O)CC(C)(C)CC(=O)O. The summed E-state index contributed by atoms with van der Waals surface area (Å²) in [4.78, 5) is 24.8. The lowest BCUT2D eigenvalue weighted by atomic mass is 9.85. The molecule has 0 aromatic rings. The summed E-state index contributed by atoms with van der Waals surface area (Å²) >= 11 is 0. The maximum Gasteiger partial charge on any atom is 0.303 e. The Morgan fingerprint density at radius 3 is 2.16 bits per heavy atom. The monoisotopic (exact) mass is 272 g/mol. The topological polar surface area (TPSA) is 69.6 Å². The molecule has 0 saturated heterocycles. The molecule has 19 heavy (non-hydrogen) atoms. The molecule has 0 heterocycles. The molecule has 0 bridgehead atoms. The predicted molar refractivity (Wildman–Crippen MR) is 76.0 cm³/mol. The molecule has 0 radical (unpaired) electrons. The average Bonchev–Trinajstić information content (AvgIpc) is 2.22. The van der Waals surface area contributed by atoms with Crippen LogP contribution in [0.15, 0.2) is 0 Å². The number of nitrogens with one attached hydrogen (secondary N) is 1. The van der Waals surface area contributed by atoms with Gasteiger partial charge in [0.15, 0.2) is 0 Å². The van der Waals surface area contributed by atoms with Crippen molar-refractivity contribution >= 4 is 11.9 Å². The van der Waals surface area contributed by atoms with Crippen LogP contribution < -0.4 is 5.32 Å². The number of nitrogens with zero attached hydrogens (tertiary/aromatic N) is 1. The van der Waals surface area contributed by atoms with Crippen molar-refractivity contribution in [3.63, 3.8) is 0 Å². The number of hydrogen-bond acceptors (Lipinski definition) is 3. The van der Waals surface area contributed by atoms with Gasteiger partial charge in [0, 0.05) is 19.0 Å². The Hall–Kier alpha value is -1.10. The lowest BCUT2D eigenvalue weighted by molar-refractivity contribution is -0.139.